The van der Waals surface area contributed by atoms with Crippen LogP contribution in [-0.4, -0.2) is 22.3 Å². The third-order valence-corrected chi connectivity index (χ3v) is 2.99. The molecule has 0 N–H and O–H groups in total. The van der Waals surface area contributed by atoms with Crippen LogP contribution in [0.5, 0.6) is 0 Å². The minimum absolute atomic E-state index is 0.0840. The third kappa shape index (κ3) is 3.76. The van der Waals surface area contributed by atoms with Crippen LogP contribution in [0, 0.1) is 0 Å². The molecule has 0 unspecified atom stereocenters. The smallest absolute Gasteiger partial charge is 0.331 e. The van der Waals surface area contributed by atoms with Gasteiger partial charge >= 0.3 is 5.97 Å². The number of hydrogen-bond donors (Lipinski definition) is 0. The number of ether oxygens (including phenoxy) is 1. The van der Waals surface area contributed by atoms with Gasteiger partial charge in [-0.05, 0) is 39.3 Å². The highest BCUT2D eigenvalue weighted by Gasteiger charge is 2.20. The van der Waals surface area contributed by atoms with Gasteiger partial charge in [-0.1, -0.05) is 5.57 Å². The average Bonchev–Trinajstić information content (AvgIpc) is 2.47. The fourth-order valence-electron chi connectivity index (χ4n) is 2.17. The van der Waals surface area contributed by atoms with E-state index in [4.69, 9.17) is 4.74 Å². The average molecular weight is 273 g/mol. The Bertz CT molecular complexity index is 567. The van der Waals surface area contributed by atoms with E-state index in [2.05, 4.69) is 4.98 Å². The molecule has 0 aliphatic heterocycles. The lowest BCUT2D eigenvalue weighted by Gasteiger charge is -2.18. The second kappa shape index (κ2) is 5.57. The Labute approximate surface area is 118 Å². The van der Waals surface area contributed by atoms with Gasteiger partial charge in [0.15, 0.2) is 5.78 Å². The minimum atomic E-state index is -0.509. The number of allylic oxidation sites excluding steroid dienone is 1. The highest BCUT2D eigenvalue weighted by molar-refractivity contribution is 5.98. The molecule has 0 saturated carbocycles. The molecule has 4 heteroatoms. The van der Waals surface area contributed by atoms with Gasteiger partial charge in [0, 0.05) is 30.7 Å². The van der Waals surface area contributed by atoms with Gasteiger partial charge in [-0.15, -0.1) is 0 Å². The Morgan fingerprint density at radius 3 is 2.80 bits per heavy atom. The molecule has 1 aromatic heterocycles. The summed E-state index contributed by atoms with van der Waals surface area (Å²) in [4.78, 5) is 28.1. The second-order valence-electron chi connectivity index (χ2n) is 5.93. The van der Waals surface area contributed by atoms with Crippen molar-refractivity contribution in [3.8, 4) is 0 Å². The first kappa shape index (κ1) is 14.4. The normalized spacial score (nSPS) is 17.6. The lowest BCUT2D eigenvalue weighted by atomic mass is 10.1. The topological polar surface area (TPSA) is 56.3 Å². The van der Waals surface area contributed by atoms with Crippen molar-refractivity contribution >= 4 is 11.8 Å². The van der Waals surface area contributed by atoms with Crippen molar-refractivity contribution in [3.05, 3.63) is 41.2 Å². The number of rotatable bonds is 1. The van der Waals surface area contributed by atoms with Crippen LogP contribution in [0.1, 0.15) is 49.7 Å². The number of fused-ring (bicyclic) bond motifs is 1. The van der Waals surface area contributed by atoms with Crippen LogP contribution in [0.3, 0.4) is 0 Å². The predicted molar refractivity (Wildman–Crippen MR) is 75.4 cm³/mol. The fourth-order valence-corrected chi connectivity index (χ4v) is 2.17. The summed E-state index contributed by atoms with van der Waals surface area (Å²) in [7, 11) is 0. The van der Waals surface area contributed by atoms with Crippen molar-refractivity contribution < 1.29 is 14.3 Å². The molecule has 1 heterocycles. The van der Waals surface area contributed by atoms with E-state index in [9.17, 15) is 9.59 Å². The molecule has 1 aliphatic carbocycles. The number of hydrogen-bond acceptors (Lipinski definition) is 4. The Balaban J connectivity index is 2.20. The molecule has 20 heavy (non-hydrogen) atoms. The molecule has 106 valence electrons. The van der Waals surface area contributed by atoms with Crippen molar-refractivity contribution in [2.45, 2.75) is 45.6 Å². The largest absolute Gasteiger partial charge is 0.457 e. The number of carbonyl (C=O) groups excluding carboxylic acids is 2. The van der Waals surface area contributed by atoms with E-state index in [0.717, 1.165) is 11.3 Å². The zero-order chi connectivity index (χ0) is 14.8. The predicted octanol–water partition coefficient (Wildman–Crippen LogP) is 2.87. The first-order valence-corrected chi connectivity index (χ1v) is 6.75. The molecule has 0 bridgehead atoms. The van der Waals surface area contributed by atoms with Crippen LogP contribution in [0.15, 0.2) is 30.0 Å². The summed E-state index contributed by atoms with van der Waals surface area (Å²) >= 11 is 0. The van der Waals surface area contributed by atoms with Crippen molar-refractivity contribution in [2.24, 2.45) is 0 Å². The molecule has 0 aromatic carbocycles. The summed E-state index contributed by atoms with van der Waals surface area (Å²) < 4.78 is 5.28. The van der Waals surface area contributed by atoms with E-state index >= 15 is 0 Å². The van der Waals surface area contributed by atoms with Crippen molar-refractivity contribution in [1.82, 2.24) is 4.98 Å². The molecule has 2 rings (SSSR count). The molecule has 0 amide bonds. The summed E-state index contributed by atoms with van der Waals surface area (Å²) in [5.74, 6) is -0.278. The Hall–Kier alpha value is -1.97. The maximum atomic E-state index is 12.0. The molecular weight excluding hydrogens is 254 g/mol. The number of aromatic nitrogens is 1. The highest BCUT2D eigenvalue weighted by atomic mass is 16.6. The lowest BCUT2D eigenvalue weighted by molar-refractivity contribution is -0.148. The zero-order valence-corrected chi connectivity index (χ0v) is 12.1. The SMILES string of the molecule is CC(C)(C)OC(=O)/C=C1/CCC(=O)c2cccnc2C1. The molecule has 1 aliphatic rings. The first-order chi connectivity index (χ1) is 9.35. The minimum Gasteiger partial charge on any atom is -0.457 e. The monoisotopic (exact) mass is 273 g/mol. The van der Waals surface area contributed by atoms with E-state index in [1.54, 1.807) is 18.3 Å². The lowest BCUT2D eigenvalue weighted by Crippen LogP contribution is -2.22. The van der Waals surface area contributed by atoms with Crippen LogP contribution in [0.25, 0.3) is 0 Å². The van der Waals surface area contributed by atoms with E-state index in [-0.39, 0.29) is 11.8 Å². The van der Waals surface area contributed by atoms with Crippen LogP contribution in [-0.2, 0) is 16.0 Å². The quantitative estimate of drug-likeness (QED) is 0.448. The van der Waals surface area contributed by atoms with Gasteiger partial charge < -0.3 is 4.74 Å². The van der Waals surface area contributed by atoms with E-state index in [0.29, 0.717) is 24.8 Å². The van der Waals surface area contributed by atoms with Crippen molar-refractivity contribution in [2.75, 3.05) is 0 Å². The molecule has 0 saturated heterocycles. The van der Waals surface area contributed by atoms with E-state index in [1.165, 1.54) is 6.08 Å². The zero-order valence-electron chi connectivity index (χ0n) is 12.1. The van der Waals surface area contributed by atoms with Crippen LogP contribution < -0.4 is 0 Å². The molecule has 0 spiro atoms. The second-order valence-corrected chi connectivity index (χ2v) is 5.93. The van der Waals surface area contributed by atoms with E-state index in [1.807, 2.05) is 20.8 Å². The molecule has 1 aromatic rings. The molecular formula is C16H19NO3. The summed E-state index contributed by atoms with van der Waals surface area (Å²) in [6.45, 7) is 5.49. The van der Waals surface area contributed by atoms with Gasteiger partial charge in [-0.3, -0.25) is 9.78 Å². The molecule has 0 fully saturated rings. The van der Waals surface area contributed by atoms with Crippen molar-refractivity contribution in [1.29, 1.82) is 0 Å². The fraction of sp³-hybridized carbons (Fsp3) is 0.438. The number of esters is 1. The summed E-state index contributed by atoms with van der Waals surface area (Å²) in [5, 5.41) is 0. The van der Waals surface area contributed by atoms with Gasteiger partial charge in [-0.25, -0.2) is 4.79 Å². The van der Waals surface area contributed by atoms with Crippen LogP contribution in [0.4, 0.5) is 0 Å². The van der Waals surface area contributed by atoms with Gasteiger partial charge in [0.25, 0.3) is 0 Å². The van der Waals surface area contributed by atoms with Gasteiger partial charge in [0.2, 0.25) is 0 Å². The number of Topliss-reactive ketones (excluding diaryl/α,β-unsaturated/α-hetero) is 1. The van der Waals surface area contributed by atoms with Crippen LogP contribution >= 0.6 is 0 Å². The number of pyridine rings is 1. The van der Waals surface area contributed by atoms with E-state index < -0.39 is 5.60 Å². The first-order valence-electron chi connectivity index (χ1n) is 6.75. The Kier molecular flexibility index (Phi) is 4.02. The van der Waals surface area contributed by atoms with Gasteiger partial charge in [-0.2, -0.15) is 0 Å². The van der Waals surface area contributed by atoms with Gasteiger partial charge in [0.05, 0.1) is 5.69 Å². The standard InChI is InChI=1S/C16H19NO3/c1-16(2,3)20-15(19)10-11-6-7-14(18)12-5-4-8-17-13(12)9-11/h4-5,8,10H,6-7,9H2,1-3H3/b11-10-. The summed E-state index contributed by atoms with van der Waals surface area (Å²) in [6.07, 6.45) is 4.69. The molecule has 0 radical (unpaired) electrons. The molecule has 0 atom stereocenters. The number of carbonyl (C=O) groups is 2. The third-order valence-electron chi connectivity index (χ3n) is 2.99. The maximum Gasteiger partial charge on any atom is 0.331 e. The highest BCUT2D eigenvalue weighted by Crippen LogP contribution is 2.23. The Morgan fingerprint density at radius 2 is 2.10 bits per heavy atom. The van der Waals surface area contributed by atoms with Gasteiger partial charge in [0.1, 0.15) is 5.60 Å². The van der Waals surface area contributed by atoms with Crippen molar-refractivity contribution in [3.63, 3.8) is 0 Å². The summed E-state index contributed by atoms with van der Waals surface area (Å²) in [5.41, 5.74) is 1.79. The number of ketones is 1. The molecule has 4 nitrogen and oxygen atoms in total. The summed E-state index contributed by atoms with van der Waals surface area (Å²) in [6, 6.07) is 3.56. The Morgan fingerprint density at radius 1 is 1.35 bits per heavy atom. The maximum absolute atomic E-state index is 12.0. The number of nitrogens with zero attached hydrogens (tertiary/aromatic N) is 1. The van der Waals surface area contributed by atoms with Crippen LogP contribution in [0.2, 0.25) is 0 Å².